The van der Waals surface area contributed by atoms with Gasteiger partial charge in [-0.15, -0.1) is 0 Å². The standard InChI is InChI=1S/C12H22N2/c1-4-5-6-7-8-12-11(3)13-9-10(2)14-12/h10H,4-9H2,1-3H3. The second kappa shape index (κ2) is 5.94. The van der Waals surface area contributed by atoms with Gasteiger partial charge in [-0.05, 0) is 26.7 Å². The third-order valence-electron chi connectivity index (χ3n) is 2.65. The Kier molecular flexibility index (Phi) is 4.85. The van der Waals surface area contributed by atoms with Gasteiger partial charge < -0.3 is 0 Å². The molecule has 0 bridgehead atoms. The van der Waals surface area contributed by atoms with Gasteiger partial charge in [0.1, 0.15) is 0 Å². The van der Waals surface area contributed by atoms with Crippen molar-refractivity contribution in [1.29, 1.82) is 0 Å². The van der Waals surface area contributed by atoms with Gasteiger partial charge in [0, 0.05) is 0 Å². The average molecular weight is 194 g/mol. The molecular weight excluding hydrogens is 172 g/mol. The highest BCUT2D eigenvalue weighted by molar-refractivity contribution is 6.41. The maximum atomic E-state index is 4.65. The number of rotatable bonds is 5. The van der Waals surface area contributed by atoms with Crippen LogP contribution in [0, 0.1) is 0 Å². The summed E-state index contributed by atoms with van der Waals surface area (Å²) in [6.07, 6.45) is 6.37. The molecular formula is C12H22N2. The Morgan fingerprint density at radius 3 is 2.79 bits per heavy atom. The molecule has 0 aromatic rings. The zero-order valence-corrected chi connectivity index (χ0v) is 9.71. The molecule has 0 amide bonds. The van der Waals surface area contributed by atoms with Crippen molar-refractivity contribution in [1.82, 2.24) is 0 Å². The van der Waals surface area contributed by atoms with Crippen molar-refractivity contribution in [3.63, 3.8) is 0 Å². The molecule has 2 heteroatoms. The summed E-state index contributed by atoms with van der Waals surface area (Å²) < 4.78 is 0. The van der Waals surface area contributed by atoms with Gasteiger partial charge in [0.2, 0.25) is 0 Å². The first kappa shape index (κ1) is 11.4. The molecule has 0 fully saturated rings. The van der Waals surface area contributed by atoms with E-state index >= 15 is 0 Å². The van der Waals surface area contributed by atoms with Crippen LogP contribution in [0.5, 0.6) is 0 Å². The van der Waals surface area contributed by atoms with Gasteiger partial charge in [-0.25, -0.2) is 0 Å². The van der Waals surface area contributed by atoms with Crippen LogP contribution in [0.2, 0.25) is 0 Å². The lowest BCUT2D eigenvalue weighted by Gasteiger charge is -2.15. The van der Waals surface area contributed by atoms with Gasteiger partial charge in [0.25, 0.3) is 0 Å². The highest BCUT2D eigenvalue weighted by atomic mass is 14.9. The van der Waals surface area contributed by atoms with Crippen molar-refractivity contribution in [2.45, 2.75) is 58.9 Å². The molecule has 1 rings (SSSR count). The van der Waals surface area contributed by atoms with Crippen molar-refractivity contribution in [2.75, 3.05) is 6.54 Å². The summed E-state index contributed by atoms with van der Waals surface area (Å²) in [5.41, 5.74) is 2.42. The van der Waals surface area contributed by atoms with Gasteiger partial charge in [-0.2, -0.15) is 0 Å². The first-order chi connectivity index (χ1) is 6.74. The summed E-state index contributed by atoms with van der Waals surface area (Å²) in [7, 11) is 0. The molecule has 0 saturated heterocycles. The van der Waals surface area contributed by atoms with Gasteiger partial charge in [0.15, 0.2) is 0 Å². The Labute approximate surface area is 87.5 Å². The van der Waals surface area contributed by atoms with Gasteiger partial charge >= 0.3 is 0 Å². The van der Waals surface area contributed by atoms with Crippen molar-refractivity contribution < 1.29 is 0 Å². The molecule has 1 unspecified atom stereocenters. The van der Waals surface area contributed by atoms with Crippen molar-refractivity contribution in [3.05, 3.63) is 0 Å². The van der Waals surface area contributed by atoms with Crippen LogP contribution >= 0.6 is 0 Å². The molecule has 1 aliphatic heterocycles. The highest BCUT2D eigenvalue weighted by Gasteiger charge is 2.11. The van der Waals surface area contributed by atoms with Crippen molar-refractivity contribution >= 4 is 11.4 Å². The van der Waals surface area contributed by atoms with E-state index < -0.39 is 0 Å². The molecule has 1 heterocycles. The fourth-order valence-corrected chi connectivity index (χ4v) is 1.73. The first-order valence-corrected chi connectivity index (χ1v) is 5.82. The van der Waals surface area contributed by atoms with Crippen molar-refractivity contribution in [3.8, 4) is 0 Å². The SMILES string of the molecule is CCCCCCC1=NC(C)CN=C1C. The van der Waals surface area contributed by atoms with Gasteiger partial charge in [-0.3, -0.25) is 9.98 Å². The molecule has 0 aromatic heterocycles. The molecule has 0 radical (unpaired) electrons. The average Bonchev–Trinajstić information content (AvgIpc) is 2.18. The van der Waals surface area contributed by atoms with E-state index in [0.29, 0.717) is 6.04 Å². The Bertz CT molecular complexity index is 228. The predicted molar refractivity (Wildman–Crippen MR) is 63.6 cm³/mol. The van der Waals surface area contributed by atoms with Crippen molar-refractivity contribution in [2.24, 2.45) is 9.98 Å². The number of nitrogens with zero attached hydrogens (tertiary/aromatic N) is 2. The quantitative estimate of drug-likeness (QED) is 0.600. The van der Waals surface area contributed by atoms with E-state index in [9.17, 15) is 0 Å². The minimum atomic E-state index is 0.403. The summed E-state index contributed by atoms with van der Waals surface area (Å²) in [6.45, 7) is 7.35. The maximum Gasteiger partial charge on any atom is 0.0670 e. The second-order valence-electron chi connectivity index (χ2n) is 4.16. The van der Waals surface area contributed by atoms with E-state index in [2.05, 4.69) is 30.8 Å². The first-order valence-electron chi connectivity index (χ1n) is 5.82. The van der Waals surface area contributed by atoms with E-state index in [4.69, 9.17) is 0 Å². The Balaban J connectivity index is 2.31. The topological polar surface area (TPSA) is 24.7 Å². The number of hydrogen-bond donors (Lipinski definition) is 0. The molecule has 2 nitrogen and oxygen atoms in total. The highest BCUT2D eigenvalue weighted by Crippen LogP contribution is 2.09. The van der Waals surface area contributed by atoms with Crippen LogP contribution < -0.4 is 0 Å². The molecule has 80 valence electrons. The van der Waals surface area contributed by atoms with E-state index in [1.165, 1.54) is 37.1 Å². The fourth-order valence-electron chi connectivity index (χ4n) is 1.73. The normalized spacial score (nSPS) is 21.8. The summed E-state index contributed by atoms with van der Waals surface area (Å²) in [5.74, 6) is 0. The summed E-state index contributed by atoms with van der Waals surface area (Å²) in [4.78, 5) is 9.12. The Morgan fingerprint density at radius 1 is 1.29 bits per heavy atom. The Hall–Kier alpha value is -0.660. The number of hydrogen-bond acceptors (Lipinski definition) is 2. The molecule has 0 aliphatic carbocycles. The van der Waals surface area contributed by atoms with E-state index in [1.807, 2.05) is 0 Å². The zero-order valence-electron chi connectivity index (χ0n) is 9.71. The zero-order chi connectivity index (χ0) is 10.4. The van der Waals surface area contributed by atoms with Gasteiger partial charge in [0.05, 0.1) is 24.0 Å². The minimum Gasteiger partial charge on any atom is -0.286 e. The molecule has 0 spiro atoms. The molecule has 1 atom stereocenters. The number of unbranched alkanes of at least 4 members (excludes halogenated alkanes) is 3. The maximum absolute atomic E-state index is 4.65. The van der Waals surface area contributed by atoms with Crippen LogP contribution in [0.4, 0.5) is 0 Å². The lowest BCUT2D eigenvalue weighted by atomic mass is 10.1. The summed E-state index contributed by atoms with van der Waals surface area (Å²) in [6, 6.07) is 0.403. The predicted octanol–water partition coefficient (Wildman–Crippen LogP) is 3.26. The lowest BCUT2D eigenvalue weighted by molar-refractivity contribution is 0.677. The molecule has 1 aliphatic rings. The smallest absolute Gasteiger partial charge is 0.0670 e. The third-order valence-corrected chi connectivity index (χ3v) is 2.65. The largest absolute Gasteiger partial charge is 0.286 e. The molecule has 0 saturated carbocycles. The minimum absolute atomic E-state index is 0.403. The third kappa shape index (κ3) is 3.60. The van der Waals surface area contributed by atoms with Gasteiger partial charge in [-0.1, -0.05) is 26.2 Å². The van der Waals surface area contributed by atoms with Crippen LogP contribution in [0.15, 0.2) is 9.98 Å². The number of aliphatic imine (C=N–C) groups is 2. The summed E-state index contributed by atoms with van der Waals surface area (Å²) in [5, 5.41) is 0. The molecule has 0 aromatic carbocycles. The van der Waals surface area contributed by atoms with Crippen LogP contribution in [0.3, 0.4) is 0 Å². The molecule has 0 N–H and O–H groups in total. The molecule has 14 heavy (non-hydrogen) atoms. The van der Waals surface area contributed by atoms with E-state index in [1.54, 1.807) is 0 Å². The van der Waals surface area contributed by atoms with Crippen LogP contribution in [0.1, 0.15) is 52.9 Å². The monoisotopic (exact) mass is 194 g/mol. The van der Waals surface area contributed by atoms with E-state index in [-0.39, 0.29) is 0 Å². The van der Waals surface area contributed by atoms with Crippen LogP contribution in [-0.4, -0.2) is 24.0 Å². The fraction of sp³-hybridized carbons (Fsp3) is 0.833. The van der Waals surface area contributed by atoms with Crippen LogP contribution in [0.25, 0.3) is 0 Å². The summed E-state index contributed by atoms with van der Waals surface area (Å²) >= 11 is 0. The van der Waals surface area contributed by atoms with E-state index in [0.717, 1.165) is 13.0 Å². The Morgan fingerprint density at radius 2 is 2.07 bits per heavy atom. The second-order valence-corrected chi connectivity index (χ2v) is 4.16. The van der Waals surface area contributed by atoms with Crippen LogP contribution in [-0.2, 0) is 0 Å². The lowest BCUT2D eigenvalue weighted by Crippen LogP contribution is -2.22.